The average Bonchev–Trinajstić information content (AvgIpc) is 2.88. The van der Waals surface area contributed by atoms with E-state index >= 15 is 0 Å². The number of amides is 1. The first-order valence-corrected chi connectivity index (χ1v) is 9.43. The predicted octanol–water partition coefficient (Wildman–Crippen LogP) is 3.18. The van der Waals surface area contributed by atoms with E-state index in [0.717, 1.165) is 12.0 Å². The molecule has 0 saturated carbocycles. The van der Waals surface area contributed by atoms with Crippen LogP contribution in [0.3, 0.4) is 0 Å². The molecule has 1 amide bonds. The normalized spacial score (nSPS) is 24.8. The molecule has 6 heteroatoms. The van der Waals surface area contributed by atoms with Gasteiger partial charge in [-0.05, 0) is 56.0 Å². The standard InChI is InChI=1S/C22H24N2O4/c1-13-11-21(2,3)24-19-15(13)9-14(28-4)10-16(19)22(27,20(24)26)12-18(25)17-7-5-6-8-23-17/h5-10,13,27H,11-12H2,1-4H3. The van der Waals surface area contributed by atoms with Crippen molar-refractivity contribution in [2.24, 2.45) is 0 Å². The molecule has 2 aliphatic heterocycles. The van der Waals surface area contributed by atoms with Crippen LogP contribution in [0, 0.1) is 0 Å². The summed E-state index contributed by atoms with van der Waals surface area (Å²) < 4.78 is 5.42. The summed E-state index contributed by atoms with van der Waals surface area (Å²) in [5.41, 5.74) is -0.0564. The second kappa shape index (κ2) is 6.14. The molecule has 0 fully saturated rings. The number of aromatic nitrogens is 1. The van der Waals surface area contributed by atoms with Gasteiger partial charge in [0.05, 0.1) is 19.2 Å². The van der Waals surface area contributed by atoms with E-state index in [9.17, 15) is 14.7 Å². The summed E-state index contributed by atoms with van der Waals surface area (Å²) >= 11 is 0. The second-order valence-corrected chi connectivity index (χ2v) is 8.35. The average molecular weight is 380 g/mol. The first-order valence-electron chi connectivity index (χ1n) is 9.43. The largest absolute Gasteiger partial charge is 0.497 e. The van der Waals surface area contributed by atoms with Gasteiger partial charge in [0.25, 0.3) is 5.91 Å². The molecule has 1 aromatic heterocycles. The van der Waals surface area contributed by atoms with E-state index in [2.05, 4.69) is 11.9 Å². The molecule has 3 heterocycles. The summed E-state index contributed by atoms with van der Waals surface area (Å²) in [6.45, 7) is 6.09. The number of hydrogen-bond acceptors (Lipinski definition) is 5. The van der Waals surface area contributed by atoms with Crippen LogP contribution in [-0.2, 0) is 10.4 Å². The molecule has 2 aliphatic rings. The maximum Gasteiger partial charge on any atom is 0.264 e. The number of carbonyl (C=O) groups excluding carboxylic acids is 2. The van der Waals surface area contributed by atoms with Crippen molar-refractivity contribution in [2.45, 2.75) is 50.7 Å². The van der Waals surface area contributed by atoms with Gasteiger partial charge < -0.3 is 14.7 Å². The third kappa shape index (κ3) is 2.55. The summed E-state index contributed by atoms with van der Waals surface area (Å²) in [7, 11) is 1.55. The van der Waals surface area contributed by atoms with Gasteiger partial charge in [-0.25, -0.2) is 0 Å². The Kier molecular flexibility index (Phi) is 4.08. The number of nitrogens with zero attached hydrogens (tertiary/aromatic N) is 2. The summed E-state index contributed by atoms with van der Waals surface area (Å²) in [4.78, 5) is 32.0. The zero-order valence-electron chi connectivity index (χ0n) is 16.5. The molecule has 2 unspecified atom stereocenters. The molecule has 1 aromatic carbocycles. The summed E-state index contributed by atoms with van der Waals surface area (Å²) in [5.74, 6) is -0.0766. The minimum absolute atomic E-state index is 0.191. The fraction of sp³-hybridized carbons (Fsp3) is 0.409. The number of anilines is 1. The third-order valence-corrected chi connectivity index (χ3v) is 5.88. The molecule has 0 saturated heterocycles. The lowest BCUT2D eigenvalue weighted by Crippen LogP contribution is -2.53. The Balaban J connectivity index is 1.88. The van der Waals surface area contributed by atoms with Gasteiger partial charge >= 0.3 is 0 Å². The fourth-order valence-electron chi connectivity index (χ4n) is 4.64. The van der Waals surface area contributed by atoms with Crippen molar-refractivity contribution in [3.63, 3.8) is 0 Å². The Morgan fingerprint density at radius 1 is 1.36 bits per heavy atom. The molecule has 0 bridgehead atoms. The van der Waals surface area contributed by atoms with Crippen LogP contribution in [0.4, 0.5) is 5.69 Å². The highest BCUT2D eigenvalue weighted by Gasteiger charge is 2.57. The van der Waals surface area contributed by atoms with Crippen LogP contribution in [0.5, 0.6) is 5.75 Å². The predicted molar refractivity (Wildman–Crippen MR) is 105 cm³/mol. The Morgan fingerprint density at radius 3 is 2.75 bits per heavy atom. The van der Waals surface area contributed by atoms with Crippen LogP contribution in [0.25, 0.3) is 0 Å². The summed E-state index contributed by atoms with van der Waals surface area (Å²) in [5, 5.41) is 11.5. The Hall–Kier alpha value is -2.73. The number of pyridine rings is 1. The van der Waals surface area contributed by atoms with Crippen LogP contribution in [-0.4, -0.2) is 34.4 Å². The van der Waals surface area contributed by atoms with Gasteiger partial charge in [0.15, 0.2) is 11.4 Å². The SMILES string of the molecule is COc1cc2c3c(c1)C(O)(CC(=O)c1ccccn1)C(=O)N3C(C)(C)CC2C. The molecule has 2 atom stereocenters. The van der Waals surface area contributed by atoms with Crippen molar-refractivity contribution in [1.82, 2.24) is 4.98 Å². The van der Waals surface area contributed by atoms with Gasteiger partial charge in [0.2, 0.25) is 0 Å². The van der Waals surface area contributed by atoms with Crippen LogP contribution in [0.15, 0.2) is 36.5 Å². The zero-order chi connectivity index (χ0) is 20.3. The van der Waals surface area contributed by atoms with E-state index in [1.807, 2.05) is 19.9 Å². The van der Waals surface area contributed by atoms with E-state index in [1.165, 1.54) is 6.20 Å². The molecule has 6 nitrogen and oxygen atoms in total. The number of methoxy groups -OCH3 is 1. The molecule has 146 valence electrons. The number of benzene rings is 1. The zero-order valence-corrected chi connectivity index (χ0v) is 16.5. The minimum Gasteiger partial charge on any atom is -0.497 e. The fourth-order valence-corrected chi connectivity index (χ4v) is 4.64. The number of rotatable bonds is 4. The first kappa shape index (κ1) is 18.6. The lowest BCUT2D eigenvalue weighted by Gasteiger charge is -2.44. The first-order chi connectivity index (χ1) is 13.2. The molecule has 1 N–H and O–H groups in total. The maximum absolute atomic E-state index is 13.5. The minimum atomic E-state index is -1.94. The molecule has 2 aromatic rings. The van der Waals surface area contributed by atoms with Crippen molar-refractivity contribution < 1.29 is 19.4 Å². The van der Waals surface area contributed by atoms with Gasteiger partial charge in [-0.15, -0.1) is 0 Å². The van der Waals surface area contributed by atoms with Gasteiger partial charge in [-0.1, -0.05) is 13.0 Å². The highest BCUT2D eigenvalue weighted by atomic mass is 16.5. The number of ether oxygens (including phenoxy) is 1. The lowest BCUT2D eigenvalue weighted by molar-refractivity contribution is -0.137. The Labute approximate surface area is 164 Å². The number of Topliss-reactive ketones (excluding diaryl/α,β-unsaturated/α-hetero) is 1. The van der Waals surface area contributed by atoms with E-state index < -0.39 is 17.0 Å². The van der Waals surface area contributed by atoms with Gasteiger partial charge in [0, 0.05) is 17.3 Å². The Morgan fingerprint density at radius 2 is 2.11 bits per heavy atom. The van der Waals surface area contributed by atoms with Gasteiger partial charge in [0.1, 0.15) is 11.4 Å². The molecule has 4 rings (SSSR count). The highest BCUT2D eigenvalue weighted by molar-refractivity contribution is 6.12. The van der Waals surface area contributed by atoms with Crippen LogP contribution in [0.1, 0.15) is 61.1 Å². The molecule has 28 heavy (non-hydrogen) atoms. The number of aliphatic hydroxyl groups is 1. The van der Waals surface area contributed by atoms with E-state index in [1.54, 1.807) is 36.3 Å². The molecular formula is C22H24N2O4. The number of ketones is 1. The van der Waals surface area contributed by atoms with E-state index in [-0.39, 0.29) is 23.8 Å². The highest BCUT2D eigenvalue weighted by Crippen LogP contribution is 2.55. The van der Waals surface area contributed by atoms with Crippen LogP contribution < -0.4 is 9.64 Å². The molecule has 0 aliphatic carbocycles. The summed E-state index contributed by atoms with van der Waals surface area (Å²) in [6.07, 6.45) is 1.92. The second-order valence-electron chi connectivity index (χ2n) is 8.35. The van der Waals surface area contributed by atoms with E-state index in [0.29, 0.717) is 17.0 Å². The lowest BCUT2D eigenvalue weighted by atomic mass is 9.80. The topological polar surface area (TPSA) is 79.7 Å². The maximum atomic E-state index is 13.5. The van der Waals surface area contributed by atoms with Crippen LogP contribution >= 0.6 is 0 Å². The molecular weight excluding hydrogens is 356 g/mol. The van der Waals surface area contributed by atoms with Crippen molar-refractivity contribution in [2.75, 3.05) is 12.0 Å². The number of carbonyl (C=O) groups is 2. The van der Waals surface area contributed by atoms with Crippen molar-refractivity contribution in [3.05, 3.63) is 53.3 Å². The van der Waals surface area contributed by atoms with E-state index in [4.69, 9.17) is 4.74 Å². The molecule has 0 spiro atoms. The van der Waals surface area contributed by atoms with Crippen molar-refractivity contribution in [1.29, 1.82) is 0 Å². The van der Waals surface area contributed by atoms with Crippen molar-refractivity contribution >= 4 is 17.4 Å². The summed E-state index contributed by atoms with van der Waals surface area (Å²) in [6, 6.07) is 8.61. The monoisotopic (exact) mass is 380 g/mol. The molecule has 0 radical (unpaired) electrons. The quantitative estimate of drug-likeness (QED) is 0.824. The number of hydrogen-bond donors (Lipinski definition) is 1. The smallest absolute Gasteiger partial charge is 0.264 e. The third-order valence-electron chi connectivity index (χ3n) is 5.88. The van der Waals surface area contributed by atoms with Crippen LogP contribution in [0.2, 0.25) is 0 Å². The van der Waals surface area contributed by atoms with Gasteiger partial charge in [-0.2, -0.15) is 0 Å². The van der Waals surface area contributed by atoms with Gasteiger partial charge in [-0.3, -0.25) is 14.6 Å². The Bertz CT molecular complexity index is 970. The van der Waals surface area contributed by atoms with Crippen molar-refractivity contribution in [3.8, 4) is 5.75 Å².